The summed E-state index contributed by atoms with van der Waals surface area (Å²) in [7, 11) is 0. The van der Waals surface area contributed by atoms with Crippen LogP contribution in [0.1, 0.15) is 22.2 Å². The summed E-state index contributed by atoms with van der Waals surface area (Å²) < 4.78 is 10.7. The molecule has 1 amide bonds. The number of aromatic nitrogens is 1. The number of aliphatic hydroxyl groups excluding tert-OH is 1. The largest absolute Gasteiger partial charge is 0.454 e. The summed E-state index contributed by atoms with van der Waals surface area (Å²) in [6.45, 7) is 0.154. The zero-order valence-electron chi connectivity index (χ0n) is 14.3. The molecule has 0 fully saturated rings. The van der Waals surface area contributed by atoms with Crippen molar-refractivity contribution in [2.45, 2.75) is 6.10 Å². The Morgan fingerprint density at radius 3 is 2.75 bits per heavy atom. The second-order valence-electron chi connectivity index (χ2n) is 5.97. The fourth-order valence-electron chi connectivity index (χ4n) is 2.75. The van der Waals surface area contributed by atoms with E-state index in [1.54, 1.807) is 23.6 Å². The van der Waals surface area contributed by atoms with E-state index in [2.05, 4.69) is 10.3 Å². The molecule has 3 aromatic rings. The number of amides is 1. The third-order valence-corrected chi connectivity index (χ3v) is 5.70. The van der Waals surface area contributed by atoms with Crippen molar-refractivity contribution in [2.24, 2.45) is 0 Å². The van der Waals surface area contributed by atoms with E-state index < -0.39 is 12.0 Å². The predicted octanol–water partition coefficient (Wildman–Crippen LogP) is 4.31. The van der Waals surface area contributed by atoms with Crippen LogP contribution in [0.4, 0.5) is 0 Å². The maximum absolute atomic E-state index is 12.4. The molecule has 1 aromatic heterocycles. The maximum Gasteiger partial charge on any atom is 0.270 e. The van der Waals surface area contributed by atoms with E-state index in [9.17, 15) is 9.90 Å². The Labute approximate surface area is 174 Å². The lowest BCUT2D eigenvalue weighted by molar-refractivity contribution is 0.0912. The fraction of sp³-hybridized carbons (Fsp3) is 0.158. The molecular formula is C19H14Cl2N2O4S. The van der Waals surface area contributed by atoms with Gasteiger partial charge in [0.2, 0.25) is 6.79 Å². The molecule has 2 heterocycles. The third-order valence-electron chi connectivity index (χ3n) is 4.15. The predicted molar refractivity (Wildman–Crippen MR) is 107 cm³/mol. The molecule has 0 radical (unpaired) electrons. The number of hydrogen-bond donors (Lipinski definition) is 2. The number of carbonyl (C=O) groups is 1. The van der Waals surface area contributed by atoms with Crippen molar-refractivity contribution < 1.29 is 19.4 Å². The SMILES string of the molecule is O=C(NC[C@@H](O)c1c(Cl)cccc1Cl)c1csc(-c2ccc3c(c2)OCO3)n1. The highest BCUT2D eigenvalue weighted by Crippen LogP contribution is 2.36. The summed E-state index contributed by atoms with van der Waals surface area (Å²) >= 11 is 13.5. The molecule has 2 N–H and O–H groups in total. The monoisotopic (exact) mass is 436 g/mol. The number of nitrogens with zero attached hydrogens (tertiary/aromatic N) is 1. The van der Waals surface area contributed by atoms with Crippen LogP contribution in [0.2, 0.25) is 10.0 Å². The van der Waals surface area contributed by atoms with E-state index in [0.717, 1.165) is 5.56 Å². The van der Waals surface area contributed by atoms with Gasteiger partial charge in [0.05, 0.1) is 6.10 Å². The number of thiazole rings is 1. The molecule has 6 nitrogen and oxygen atoms in total. The first-order valence-electron chi connectivity index (χ1n) is 8.28. The number of ether oxygens (including phenoxy) is 2. The molecule has 0 spiro atoms. The summed E-state index contributed by atoms with van der Waals surface area (Å²) in [4.78, 5) is 16.8. The van der Waals surface area contributed by atoms with Crippen LogP contribution in [-0.4, -0.2) is 29.3 Å². The minimum absolute atomic E-state index is 0.0425. The number of fused-ring (bicyclic) bond motifs is 1. The van der Waals surface area contributed by atoms with Crippen LogP contribution in [0.5, 0.6) is 11.5 Å². The van der Waals surface area contributed by atoms with Crippen molar-refractivity contribution in [1.29, 1.82) is 0 Å². The van der Waals surface area contributed by atoms with Gasteiger partial charge in [-0.2, -0.15) is 0 Å². The number of halogens is 2. The number of rotatable bonds is 5. The Bertz CT molecular complexity index is 1020. The zero-order valence-corrected chi connectivity index (χ0v) is 16.6. The van der Waals surface area contributed by atoms with Crippen molar-refractivity contribution in [3.63, 3.8) is 0 Å². The topological polar surface area (TPSA) is 80.7 Å². The molecule has 144 valence electrons. The summed E-state index contributed by atoms with van der Waals surface area (Å²) in [6, 6.07) is 10.4. The van der Waals surface area contributed by atoms with Crippen LogP contribution < -0.4 is 14.8 Å². The van der Waals surface area contributed by atoms with Gasteiger partial charge in [-0.3, -0.25) is 4.79 Å². The molecule has 1 atom stereocenters. The van der Waals surface area contributed by atoms with Crippen LogP contribution in [0.15, 0.2) is 41.8 Å². The molecule has 4 rings (SSSR count). The van der Waals surface area contributed by atoms with Gasteiger partial charge < -0.3 is 19.9 Å². The lowest BCUT2D eigenvalue weighted by Gasteiger charge is -2.14. The highest BCUT2D eigenvalue weighted by atomic mass is 35.5. The Morgan fingerprint density at radius 1 is 1.21 bits per heavy atom. The highest BCUT2D eigenvalue weighted by Gasteiger charge is 2.19. The number of benzene rings is 2. The lowest BCUT2D eigenvalue weighted by atomic mass is 10.1. The van der Waals surface area contributed by atoms with Gasteiger partial charge in [-0.25, -0.2) is 4.98 Å². The van der Waals surface area contributed by atoms with Gasteiger partial charge >= 0.3 is 0 Å². The number of hydrogen-bond acceptors (Lipinski definition) is 6. The van der Waals surface area contributed by atoms with Gasteiger partial charge in [0.25, 0.3) is 5.91 Å². The standard InChI is InChI=1S/C19H14Cl2N2O4S/c20-11-2-1-3-12(21)17(11)14(24)7-22-18(25)13-8-28-19(23-13)10-4-5-15-16(6-10)27-9-26-15/h1-6,8,14,24H,7,9H2,(H,22,25)/t14-/m1/s1. The second-order valence-corrected chi connectivity index (χ2v) is 7.64. The van der Waals surface area contributed by atoms with E-state index in [-0.39, 0.29) is 19.0 Å². The molecule has 28 heavy (non-hydrogen) atoms. The second kappa shape index (κ2) is 7.97. The Balaban J connectivity index is 1.43. The van der Waals surface area contributed by atoms with Crippen LogP contribution in [-0.2, 0) is 0 Å². The van der Waals surface area contributed by atoms with Gasteiger partial charge in [-0.05, 0) is 30.3 Å². The maximum atomic E-state index is 12.4. The highest BCUT2D eigenvalue weighted by molar-refractivity contribution is 7.13. The number of carbonyl (C=O) groups excluding carboxylic acids is 1. The van der Waals surface area contributed by atoms with Crippen molar-refractivity contribution in [1.82, 2.24) is 10.3 Å². The molecule has 2 aromatic carbocycles. The van der Waals surface area contributed by atoms with Gasteiger partial charge in [0.1, 0.15) is 10.7 Å². The molecular weight excluding hydrogens is 423 g/mol. The minimum Gasteiger partial charge on any atom is -0.454 e. The first-order valence-corrected chi connectivity index (χ1v) is 9.92. The van der Waals surface area contributed by atoms with Crippen molar-refractivity contribution in [3.8, 4) is 22.1 Å². The van der Waals surface area contributed by atoms with Crippen LogP contribution in [0.25, 0.3) is 10.6 Å². The van der Waals surface area contributed by atoms with Gasteiger partial charge in [-0.15, -0.1) is 11.3 Å². The minimum atomic E-state index is -1.03. The molecule has 0 aliphatic carbocycles. The third kappa shape index (κ3) is 3.79. The first kappa shape index (κ1) is 19.0. The van der Waals surface area contributed by atoms with E-state index in [4.69, 9.17) is 32.7 Å². The molecule has 0 bridgehead atoms. The average Bonchev–Trinajstić information content (AvgIpc) is 3.34. The molecule has 0 saturated carbocycles. The smallest absolute Gasteiger partial charge is 0.270 e. The Morgan fingerprint density at radius 2 is 1.96 bits per heavy atom. The van der Waals surface area contributed by atoms with E-state index in [1.165, 1.54) is 11.3 Å². The number of nitrogens with one attached hydrogen (secondary N) is 1. The summed E-state index contributed by atoms with van der Waals surface area (Å²) in [5.74, 6) is 0.939. The summed E-state index contributed by atoms with van der Waals surface area (Å²) in [5, 5.41) is 16.0. The molecule has 0 saturated heterocycles. The molecule has 9 heteroatoms. The van der Waals surface area contributed by atoms with Crippen molar-refractivity contribution in [3.05, 3.63) is 63.1 Å². The summed E-state index contributed by atoms with van der Waals surface area (Å²) in [6.07, 6.45) is -1.03. The zero-order chi connectivity index (χ0) is 19.7. The van der Waals surface area contributed by atoms with Crippen LogP contribution in [0.3, 0.4) is 0 Å². The van der Waals surface area contributed by atoms with Crippen LogP contribution in [0, 0.1) is 0 Å². The van der Waals surface area contributed by atoms with E-state index in [1.807, 2.05) is 18.2 Å². The van der Waals surface area contributed by atoms with Gasteiger partial charge in [-0.1, -0.05) is 29.3 Å². The van der Waals surface area contributed by atoms with Gasteiger partial charge in [0, 0.05) is 33.1 Å². The van der Waals surface area contributed by atoms with E-state index in [0.29, 0.717) is 32.1 Å². The van der Waals surface area contributed by atoms with Crippen molar-refractivity contribution in [2.75, 3.05) is 13.3 Å². The number of aliphatic hydroxyl groups is 1. The van der Waals surface area contributed by atoms with Crippen molar-refractivity contribution >= 4 is 40.4 Å². The molecule has 0 unspecified atom stereocenters. The first-order chi connectivity index (χ1) is 13.5. The quantitative estimate of drug-likeness (QED) is 0.622. The fourth-order valence-corrected chi connectivity index (χ4v) is 4.20. The van der Waals surface area contributed by atoms with Crippen LogP contribution >= 0.6 is 34.5 Å². The Hall–Kier alpha value is -2.32. The summed E-state index contributed by atoms with van der Waals surface area (Å²) in [5.41, 5.74) is 1.47. The lowest BCUT2D eigenvalue weighted by Crippen LogP contribution is -2.28. The molecule has 1 aliphatic rings. The Kier molecular flexibility index (Phi) is 5.41. The molecule has 1 aliphatic heterocycles. The van der Waals surface area contributed by atoms with Gasteiger partial charge in [0.15, 0.2) is 11.5 Å². The normalized spacial score (nSPS) is 13.4. The van der Waals surface area contributed by atoms with E-state index >= 15 is 0 Å². The average molecular weight is 437 g/mol.